The standard InChI is InChI=1S/C27H36O2/c1-3-5-7-9-10-11-13-23-29-27-20-16-25(17-21-27)24-14-18-26(19-15-24)28-22-12-8-6-4-2/h4,6,8,12,14-21H,3,5,7,9-11,13,22-23H2,1-2H3/b6-4+,12-8+. The molecule has 0 atom stereocenters. The average Bonchev–Trinajstić information content (AvgIpc) is 2.76. The van der Waals surface area contributed by atoms with Gasteiger partial charge in [0.05, 0.1) is 6.61 Å². The zero-order valence-corrected chi connectivity index (χ0v) is 18.1. The summed E-state index contributed by atoms with van der Waals surface area (Å²) in [4.78, 5) is 0. The van der Waals surface area contributed by atoms with E-state index in [9.17, 15) is 0 Å². The topological polar surface area (TPSA) is 18.5 Å². The second kappa shape index (κ2) is 14.5. The Morgan fingerprint density at radius 1 is 0.655 bits per heavy atom. The quantitative estimate of drug-likeness (QED) is 0.239. The van der Waals surface area contributed by atoms with Crippen LogP contribution in [0.3, 0.4) is 0 Å². The van der Waals surface area contributed by atoms with Crippen molar-refractivity contribution in [1.82, 2.24) is 0 Å². The van der Waals surface area contributed by atoms with E-state index in [-0.39, 0.29) is 0 Å². The van der Waals surface area contributed by atoms with Crippen LogP contribution in [0.4, 0.5) is 0 Å². The number of unbranched alkanes of at least 4 members (excludes halogenated alkanes) is 6. The molecule has 0 fully saturated rings. The van der Waals surface area contributed by atoms with Crippen molar-refractivity contribution in [2.75, 3.05) is 13.2 Å². The molecule has 0 amide bonds. The molecule has 0 saturated heterocycles. The molecular formula is C27H36O2. The number of rotatable bonds is 14. The number of ether oxygens (including phenoxy) is 2. The van der Waals surface area contributed by atoms with E-state index in [1.165, 1.54) is 49.7 Å². The number of hydrogen-bond acceptors (Lipinski definition) is 2. The van der Waals surface area contributed by atoms with Crippen molar-refractivity contribution >= 4 is 0 Å². The highest BCUT2D eigenvalue weighted by Crippen LogP contribution is 2.25. The van der Waals surface area contributed by atoms with Crippen LogP contribution < -0.4 is 9.47 Å². The van der Waals surface area contributed by atoms with Crippen molar-refractivity contribution in [1.29, 1.82) is 0 Å². The van der Waals surface area contributed by atoms with Crippen LogP contribution in [0.5, 0.6) is 11.5 Å². The van der Waals surface area contributed by atoms with Crippen molar-refractivity contribution in [2.24, 2.45) is 0 Å². The van der Waals surface area contributed by atoms with E-state index in [4.69, 9.17) is 9.47 Å². The minimum atomic E-state index is 0.578. The second-order valence-electron chi connectivity index (χ2n) is 7.28. The van der Waals surface area contributed by atoms with Gasteiger partial charge < -0.3 is 9.47 Å². The van der Waals surface area contributed by atoms with Crippen molar-refractivity contribution in [3.05, 3.63) is 72.8 Å². The van der Waals surface area contributed by atoms with Gasteiger partial charge in [0.2, 0.25) is 0 Å². The zero-order chi connectivity index (χ0) is 20.6. The smallest absolute Gasteiger partial charge is 0.119 e. The predicted octanol–water partition coefficient (Wildman–Crippen LogP) is 7.99. The Kier molecular flexibility index (Phi) is 11.4. The molecular weight excluding hydrogens is 356 g/mol. The molecule has 0 aliphatic rings. The van der Waals surface area contributed by atoms with Gasteiger partial charge in [0, 0.05) is 0 Å². The van der Waals surface area contributed by atoms with Crippen molar-refractivity contribution in [3.63, 3.8) is 0 Å². The molecule has 29 heavy (non-hydrogen) atoms. The summed E-state index contributed by atoms with van der Waals surface area (Å²) < 4.78 is 11.6. The van der Waals surface area contributed by atoms with E-state index in [0.29, 0.717) is 6.61 Å². The first-order valence-electron chi connectivity index (χ1n) is 11.1. The second-order valence-corrected chi connectivity index (χ2v) is 7.28. The van der Waals surface area contributed by atoms with Gasteiger partial charge in [-0.2, -0.15) is 0 Å². The lowest BCUT2D eigenvalue weighted by atomic mass is 10.1. The van der Waals surface area contributed by atoms with Crippen molar-refractivity contribution in [2.45, 2.75) is 58.8 Å². The van der Waals surface area contributed by atoms with Crippen LogP contribution in [0.2, 0.25) is 0 Å². The van der Waals surface area contributed by atoms with Crippen LogP contribution in [-0.4, -0.2) is 13.2 Å². The molecule has 2 aromatic rings. The molecule has 0 aromatic heterocycles. The maximum atomic E-state index is 5.88. The number of hydrogen-bond donors (Lipinski definition) is 0. The molecule has 0 aliphatic heterocycles. The van der Waals surface area contributed by atoms with E-state index in [1.54, 1.807) is 0 Å². The van der Waals surface area contributed by atoms with E-state index in [1.807, 2.05) is 43.4 Å². The Morgan fingerprint density at radius 2 is 1.21 bits per heavy atom. The van der Waals surface area contributed by atoms with Crippen LogP contribution in [-0.2, 0) is 0 Å². The van der Waals surface area contributed by atoms with Crippen LogP contribution in [0, 0.1) is 0 Å². The lowest BCUT2D eigenvalue weighted by Crippen LogP contribution is -1.97. The van der Waals surface area contributed by atoms with Gasteiger partial charge in [-0.25, -0.2) is 0 Å². The molecule has 0 bridgehead atoms. The normalized spacial score (nSPS) is 11.4. The molecule has 0 unspecified atom stereocenters. The van der Waals surface area contributed by atoms with E-state index < -0.39 is 0 Å². The lowest BCUT2D eigenvalue weighted by molar-refractivity contribution is 0.304. The summed E-state index contributed by atoms with van der Waals surface area (Å²) in [5.41, 5.74) is 2.37. The SMILES string of the molecule is C/C=C/C=C/COc1ccc(-c2ccc(OCCCCCCCCC)cc2)cc1. The Morgan fingerprint density at radius 3 is 1.79 bits per heavy atom. The van der Waals surface area contributed by atoms with Gasteiger partial charge in [-0.3, -0.25) is 0 Å². The Bertz CT molecular complexity index is 711. The third-order valence-corrected chi connectivity index (χ3v) is 4.84. The van der Waals surface area contributed by atoms with Crippen LogP contribution in [0.15, 0.2) is 72.8 Å². The molecule has 0 radical (unpaired) electrons. The molecule has 156 valence electrons. The highest BCUT2D eigenvalue weighted by Gasteiger charge is 2.00. The number of allylic oxidation sites excluding steroid dienone is 3. The summed E-state index contributed by atoms with van der Waals surface area (Å²) in [5.74, 6) is 1.83. The molecule has 2 nitrogen and oxygen atoms in total. The van der Waals surface area contributed by atoms with Gasteiger partial charge in [0.1, 0.15) is 18.1 Å². The first kappa shape index (κ1) is 22.8. The van der Waals surface area contributed by atoms with E-state index >= 15 is 0 Å². The van der Waals surface area contributed by atoms with Gasteiger partial charge in [-0.15, -0.1) is 0 Å². The van der Waals surface area contributed by atoms with E-state index in [2.05, 4.69) is 43.3 Å². The molecule has 0 heterocycles. The van der Waals surface area contributed by atoms with Crippen molar-refractivity contribution in [3.8, 4) is 22.6 Å². The molecule has 0 spiro atoms. The summed E-state index contributed by atoms with van der Waals surface area (Å²) in [6.07, 6.45) is 17.1. The molecule has 0 N–H and O–H groups in total. The fraction of sp³-hybridized carbons (Fsp3) is 0.407. The number of benzene rings is 2. The Hall–Kier alpha value is -2.48. The summed E-state index contributed by atoms with van der Waals surface area (Å²) in [6.45, 7) is 5.64. The fourth-order valence-electron chi connectivity index (χ4n) is 3.13. The minimum absolute atomic E-state index is 0.578. The third-order valence-electron chi connectivity index (χ3n) is 4.84. The maximum absolute atomic E-state index is 5.88. The molecule has 2 rings (SSSR count). The molecule has 0 saturated carbocycles. The first-order valence-corrected chi connectivity index (χ1v) is 11.1. The van der Waals surface area contributed by atoms with Gasteiger partial charge >= 0.3 is 0 Å². The highest BCUT2D eigenvalue weighted by molar-refractivity contribution is 5.64. The van der Waals surface area contributed by atoms with Crippen LogP contribution >= 0.6 is 0 Å². The van der Waals surface area contributed by atoms with Crippen molar-refractivity contribution < 1.29 is 9.47 Å². The predicted molar refractivity (Wildman–Crippen MR) is 125 cm³/mol. The zero-order valence-electron chi connectivity index (χ0n) is 18.1. The Balaban J connectivity index is 1.71. The summed E-state index contributed by atoms with van der Waals surface area (Å²) in [6, 6.07) is 16.6. The maximum Gasteiger partial charge on any atom is 0.119 e. The van der Waals surface area contributed by atoms with Gasteiger partial charge in [-0.1, -0.05) is 87.9 Å². The minimum Gasteiger partial charge on any atom is -0.494 e. The summed E-state index contributed by atoms with van der Waals surface area (Å²) in [7, 11) is 0. The van der Waals surface area contributed by atoms with Gasteiger partial charge in [0.15, 0.2) is 0 Å². The van der Waals surface area contributed by atoms with Crippen LogP contribution in [0.25, 0.3) is 11.1 Å². The van der Waals surface area contributed by atoms with Gasteiger partial charge in [-0.05, 0) is 54.8 Å². The monoisotopic (exact) mass is 392 g/mol. The average molecular weight is 393 g/mol. The lowest BCUT2D eigenvalue weighted by Gasteiger charge is -2.08. The highest BCUT2D eigenvalue weighted by atomic mass is 16.5. The summed E-state index contributed by atoms with van der Waals surface area (Å²) >= 11 is 0. The third kappa shape index (κ3) is 9.51. The first-order chi connectivity index (χ1) is 14.3. The molecule has 2 heteroatoms. The molecule has 2 aromatic carbocycles. The summed E-state index contributed by atoms with van der Waals surface area (Å²) in [5, 5.41) is 0. The van der Waals surface area contributed by atoms with Gasteiger partial charge in [0.25, 0.3) is 0 Å². The largest absolute Gasteiger partial charge is 0.494 e. The van der Waals surface area contributed by atoms with Crippen LogP contribution in [0.1, 0.15) is 58.8 Å². The molecule has 0 aliphatic carbocycles. The van der Waals surface area contributed by atoms with E-state index in [0.717, 1.165) is 24.5 Å². The fourth-order valence-corrected chi connectivity index (χ4v) is 3.13. The Labute approximate surface area is 177 Å².